The third kappa shape index (κ3) is 4.67. The van der Waals surface area contributed by atoms with Crippen molar-refractivity contribution in [3.63, 3.8) is 0 Å². The SMILES string of the molecule is CCC(C)[C@H](N)C(=O)NC1CCC(C(F)(F)F)CC1. The highest BCUT2D eigenvalue weighted by atomic mass is 19.4. The minimum atomic E-state index is -4.11. The van der Waals surface area contributed by atoms with E-state index in [1.165, 1.54) is 0 Å². The molecule has 1 fully saturated rings. The van der Waals surface area contributed by atoms with Crippen molar-refractivity contribution in [1.82, 2.24) is 5.32 Å². The molecule has 0 aromatic carbocycles. The second-order valence-corrected chi connectivity index (χ2v) is 5.51. The van der Waals surface area contributed by atoms with Crippen LogP contribution in [0.3, 0.4) is 0 Å². The molecular formula is C13H23F3N2O. The molecule has 0 radical (unpaired) electrons. The number of amides is 1. The van der Waals surface area contributed by atoms with Gasteiger partial charge in [0.15, 0.2) is 0 Å². The second kappa shape index (κ2) is 6.59. The van der Waals surface area contributed by atoms with Crippen LogP contribution in [0.5, 0.6) is 0 Å². The Morgan fingerprint density at radius 2 is 1.84 bits per heavy atom. The standard InChI is InChI=1S/C13H23F3N2O/c1-3-8(2)11(17)12(19)18-10-6-4-9(5-7-10)13(14,15)16/h8-11H,3-7,17H2,1-2H3,(H,18,19)/t8?,9?,10?,11-/m0/s1. The van der Waals surface area contributed by atoms with E-state index in [0.29, 0.717) is 12.8 Å². The van der Waals surface area contributed by atoms with Gasteiger partial charge in [-0.15, -0.1) is 0 Å². The van der Waals surface area contributed by atoms with Gasteiger partial charge in [-0.1, -0.05) is 20.3 Å². The number of halogens is 3. The molecule has 112 valence electrons. The van der Waals surface area contributed by atoms with E-state index in [9.17, 15) is 18.0 Å². The number of nitrogens with one attached hydrogen (secondary N) is 1. The maximum absolute atomic E-state index is 12.5. The van der Waals surface area contributed by atoms with Gasteiger partial charge in [0.1, 0.15) is 0 Å². The van der Waals surface area contributed by atoms with Gasteiger partial charge in [0, 0.05) is 6.04 Å². The molecule has 1 saturated carbocycles. The fraction of sp³-hybridized carbons (Fsp3) is 0.923. The quantitative estimate of drug-likeness (QED) is 0.831. The van der Waals surface area contributed by atoms with Crippen LogP contribution in [-0.2, 0) is 4.79 Å². The lowest BCUT2D eigenvalue weighted by Gasteiger charge is -2.31. The Labute approximate surface area is 112 Å². The highest BCUT2D eigenvalue weighted by Gasteiger charge is 2.41. The van der Waals surface area contributed by atoms with Crippen molar-refractivity contribution in [2.75, 3.05) is 0 Å². The molecule has 2 atom stereocenters. The molecule has 0 heterocycles. The van der Waals surface area contributed by atoms with Gasteiger partial charge in [-0.3, -0.25) is 4.79 Å². The number of carbonyl (C=O) groups is 1. The van der Waals surface area contributed by atoms with E-state index in [4.69, 9.17) is 5.73 Å². The van der Waals surface area contributed by atoms with Gasteiger partial charge in [-0.2, -0.15) is 13.2 Å². The molecule has 0 aliphatic heterocycles. The first kappa shape index (κ1) is 16.3. The summed E-state index contributed by atoms with van der Waals surface area (Å²) in [6.45, 7) is 3.84. The molecule has 1 aliphatic rings. The monoisotopic (exact) mass is 280 g/mol. The van der Waals surface area contributed by atoms with Crippen LogP contribution in [0.2, 0.25) is 0 Å². The molecule has 0 spiro atoms. The number of alkyl halides is 3. The maximum atomic E-state index is 12.5. The van der Waals surface area contributed by atoms with E-state index in [0.717, 1.165) is 6.42 Å². The highest BCUT2D eigenvalue weighted by molar-refractivity contribution is 5.82. The third-order valence-corrected chi connectivity index (χ3v) is 4.10. The highest BCUT2D eigenvalue weighted by Crippen LogP contribution is 2.37. The van der Waals surface area contributed by atoms with Crippen LogP contribution in [0, 0.1) is 11.8 Å². The molecule has 0 bridgehead atoms. The van der Waals surface area contributed by atoms with Crippen LogP contribution in [0.4, 0.5) is 13.2 Å². The summed E-state index contributed by atoms with van der Waals surface area (Å²) in [6, 6.07) is -0.744. The van der Waals surface area contributed by atoms with Gasteiger partial charge in [-0.25, -0.2) is 0 Å². The minimum absolute atomic E-state index is 0.0755. The third-order valence-electron chi connectivity index (χ3n) is 4.10. The summed E-state index contributed by atoms with van der Waals surface area (Å²) in [5.41, 5.74) is 5.79. The Morgan fingerprint density at radius 1 is 1.32 bits per heavy atom. The van der Waals surface area contributed by atoms with E-state index >= 15 is 0 Å². The van der Waals surface area contributed by atoms with Crippen molar-refractivity contribution < 1.29 is 18.0 Å². The summed E-state index contributed by atoms with van der Waals surface area (Å²) >= 11 is 0. The average molecular weight is 280 g/mol. The molecule has 3 N–H and O–H groups in total. The molecule has 1 rings (SSSR count). The summed E-state index contributed by atoms with van der Waals surface area (Å²) in [7, 11) is 0. The van der Waals surface area contributed by atoms with E-state index in [-0.39, 0.29) is 30.7 Å². The van der Waals surface area contributed by atoms with E-state index in [1.54, 1.807) is 0 Å². The predicted octanol–water partition coefficient (Wildman–Crippen LogP) is 2.60. The lowest BCUT2D eigenvalue weighted by atomic mass is 9.85. The van der Waals surface area contributed by atoms with E-state index < -0.39 is 18.1 Å². The lowest BCUT2D eigenvalue weighted by molar-refractivity contribution is -0.182. The second-order valence-electron chi connectivity index (χ2n) is 5.51. The Bertz CT molecular complexity index is 299. The molecular weight excluding hydrogens is 257 g/mol. The van der Waals surface area contributed by atoms with Crippen molar-refractivity contribution in [3.05, 3.63) is 0 Å². The maximum Gasteiger partial charge on any atom is 0.391 e. The first-order chi connectivity index (χ1) is 8.75. The summed E-state index contributed by atoms with van der Waals surface area (Å²) in [5, 5.41) is 2.77. The number of hydrogen-bond donors (Lipinski definition) is 2. The predicted molar refractivity (Wildman–Crippen MR) is 67.4 cm³/mol. The molecule has 1 unspecified atom stereocenters. The summed E-state index contributed by atoms with van der Waals surface area (Å²) in [6.07, 6.45) is -2.37. The molecule has 0 aromatic heterocycles. The van der Waals surface area contributed by atoms with Gasteiger partial charge in [-0.05, 0) is 31.6 Å². The van der Waals surface area contributed by atoms with Crippen LogP contribution in [0.1, 0.15) is 46.0 Å². The van der Waals surface area contributed by atoms with Crippen molar-refractivity contribution in [1.29, 1.82) is 0 Å². The minimum Gasteiger partial charge on any atom is -0.352 e. The zero-order valence-corrected chi connectivity index (χ0v) is 11.5. The summed E-state index contributed by atoms with van der Waals surface area (Å²) in [5.74, 6) is -1.39. The lowest BCUT2D eigenvalue weighted by Crippen LogP contribution is -2.49. The molecule has 6 heteroatoms. The smallest absolute Gasteiger partial charge is 0.352 e. The van der Waals surface area contributed by atoms with Crippen molar-refractivity contribution in [2.24, 2.45) is 17.6 Å². The van der Waals surface area contributed by atoms with Crippen molar-refractivity contribution in [2.45, 2.75) is 64.2 Å². The number of rotatable bonds is 4. The zero-order chi connectivity index (χ0) is 14.6. The van der Waals surface area contributed by atoms with Gasteiger partial charge >= 0.3 is 6.18 Å². The molecule has 3 nitrogen and oxygen atoms in total. The van der Waals surface area contributed by atoms with Crippen molar-refractivity contribution >= 4 is 5.91 Å². The Kier molecular flexibility index (Phi) is 5.64. The van der Waals surface area contributed by atoms with Gasteiger partial charge in [0.25, 0.3) is 0 Å². The summed E-state index contributed by atoms with van der Waals surface area (Å²) < 4.78 is 37.5. The number of nitrogens with two attached hydrogens (primary N) is 1. The van der Waals surface area contributed by atoms with Crippen LogP contribution < -0.4 is 11.1 Å². The molecule has 0 aromatic rings. The molecule has 19 heavy (non-hydrogen) atoms. The van der Waals surface area contributed by atoms with Gasteiger partial charge in [0.05, 0.1) is 12.0 Å². The van der Waals surface area contributed by atoms with E-state index in [1.807, 2.05) is 13.8 Å². The Morgan fingerprint density at radius 3 is 2.26 bits per heavy atom. The van der Waals surface area contributed by atoms with Crippen LogP contribution in [0.25, 0.3) is 0 Å². The first-order valence-corrected chi connectivity index (χ1v) is 6.88. The Hall–Kier alpha value is -0.780. The zero-order valence-electron chi connectivity index (χ0n) is 11.5. The van der Waals surface area contributed by atoms with E-state index in [2.05, 4.69) is 5.32 Å². The average Bonchev–Trinajstić information content (AvgIpc) is 2.36. The molecule has 1 aliphatic carbocycles. The fourth-order valence-electron chi connectivity index (χ4n) is 2.37. The van der Waals surface area contributed by atoms with Gasteiger partial charge < -0.3 is 11.1 Å². The van der Waals surface area contributed by atoms with Gasteiger partial charge in [0.2, 0.25) is 5.91 Å². The molecule has 1 amide bonds. The number of hydrogen-bond acceptors (Lipinski definition) is 2. The molecule has 0 saturated heterocycles. The van der Waals surface area contributed by atoms with Crippen LogP contribution in [0.15, 0.2) is 0 Å². The summed E-state index contributed by atoms with van der Waals surface area (Å²) in [4.78, 5) is 11.8. The van der Waals surface area contributed by atoms with Crippen LogP contribution in [-0.4, -0.2) is 24.2 Å². The Balaban J connectivity index is 2.39. The topological polar surface area (TPSA) is 55.1 Å². The van der Waals surface area contributed by atoms with Crippen molar-refractivity contribution in [3.8, 4) is 0 Å². The fourth-order valence-corrected chi connectivity index (χ4v) is 2.37. The van der Waals surface area contributed by atoms with Crippen LogP contribution >= 0.6 is 0 Å². The number of carbonyl (C=O) groups excluding carboxylic acids is 1. The largest absolute Gasteiger partial charge is 0.391 e. The first-order valence-electron chi connectivity index (χ1n) is 6.88. The normalized spacial score (nSPS) is 27.7.